The van der Waals surface area contributed by atoms with Gasteiger partial charge in [-0.25, -0.2) is 4.79 Å². The van der Waals surface area contributed by atoms with Crippen LogP contribution in [-0.2, 0) is 33.3 Å². The highest BCUT2D eigenvalue weighted by Crippen LogP contribution is 2.17. The molecule has 0 heterocycles. The Bertz CT molecular complexity index is 1190. The molecule has 0 spiro atoms. The Balaban J connectivity index is 4.15. The first-order chi connectivity index (χ1) is 32.6. The van der Waals surface area contributed by atoms with Crippen LogP contribution in [-0.4, -0.2) is 87.4 Å². The van der Waals surface area contributed by atoms with Crippen molar-refractivity contribution < 1.29 is 42.9 Å². The van der Waals surface area contributed by atoms with Gasteiger partial charge in [0.2, 0.25) is 0 Å². The van der Waals surface area contributed by atoms with E-state index >= 15 is 0 Å². The third-order valence-electron chi connectivity index (χ3n) is 12.4. The van der Waals surface area contributed by atoms with Crippen LogP contribution >= 0.6 is 0 Å². The highest BCUT2D eigenvalue weighted by molar-refractivity contribution is 5.71. The second kappa shape index (κ2) is 49.9. The van der Waals surface area contributed by atoms with E-state index in [2.05, 4.69) is 50.3 Å². The molecule has 0 bridgehead atoms. The summed E-state index contributed by atoms with van der Waals surface area (Å²) >= 11 is 0. The Morgan fingerprint density at radius 1 is 0.463 bits per heavy atom. The predicted molar refractivity (Wildman–Crippen MR) is 281 cm³/mol. The van der Waals surface area contributed by atoms with Crippen molar-refractivity contribution >= 4 is 17.9 Å². The molecule has 0 fully saturated rings. The first kappa shape index (κ1) is 64.5. The summed E-state index contributed by atoms with van der Waals surface area (Å²) < 4.78 is 22.8. The van der Waals surface area contributed by atoms with Gasteiger partial charge in [-0.15, -0.1) is 0 Å². The van der Waals surface area contributed by atoms with E-state index in [1.165, 1.54) is 154 Å². The minimum Gasteiger partial charge on any atom is -0.477 e. The quantitative estimate of drug-likeness (QED) is 0.0211. The first-order valence-electron chi connectivity index (χ1n) is 28.2. The number of hydrogen-bond donors (Lipinski definition) is 1. The van der Waals surface area contributed by atoms with E-state index in [4.69, 9.17) is 18.9 Å². The molecule has 0 saturated carbocycles. The van der Waals surface area contributed by atoms with E-state index < -0.39 is 24.3 Å². The van der Waals surface area contributed by atoms with Crippen molar-refractivity contribution in [3.8, 4) is 0 Å². The maximum Gasteiger partial charge on any atom is 0.361 e. The molecule has 392 valence electrons. The summed E-state index contributed by atoms with van der Waals surface area (Å²) in [5, 5.41) is 9.68. The molecule has 0 aliphatic carbocycles. The molecule has 67 heavy (non-hydrogen) atoms. The van der Waals surface area contributed by atoms with Crippen LogP contribution in [0.25, 0.3) is 0 Å². The topological polar surface area (TPSA) is 108 Å². The highest BCUT2D eigenvalue weighted by Gasteiger charge is 2.25. The van der Waals surface area contributed by atoms with Gasteiger partial charge in [0, 0.05) is 12.8 Å². The van der Waals surface area contributed by atoms with Crippen LogP contribution in [0.2, 0.25) is 0 Å². The second-order valence-electron chi connectivity index (χ2n) is 20.2. The molecule has 9 heteroatoms. The van der Waals surface area contributed by atoms with Crippen molar-refractivity contribution in [3.63, 3.8) is 0 Å². The van der Waals surface area contributed by atoms with Crippen LogP contribution in [0.3, 0.4) is 0 Å². The van der Waals surface area contributed by atoms with E-state index in [0.717, 1.165) is 70.6 Å². The summed E-state index contributed by atoms with van der Waals surface area (Å²) in [6, 6.07) is 0. The van der Waals surface area contributed by atoms with Gasteiger partial charge in [-0.1, -0.05) is 237 Å². The lowest BCUT2D eigenvalue weighted by Gasteiger charge is -2.25. The molecule has 2 atom stereocenters. The summed E-state index contributed by atoms with van der Waals surface area (Å²) in [6.07, 6.45) is 56.6. The molecule has 0 amide bonds. The zero-order valence-electron chi connectivity index (χ0n) is 44.6. The highest BCUT2D eigenvalue weighted by atomic mass is 16.7. The Hall–Kier alpha value is -2.49. The average Bonchev–Trinajstić information content (AvgIpc) is 3.29. The molecular formula is C58H108NO8+. The van der Waals surface area contributed by atoms with Crippen LogP contribution < -0.4 is 0 Å². The van der Waals surface area contributed by atoms with Crippen molar-refractivity contribution in [2.75, 3.05) is 47.5 Å². The summed E-state index contributed by atoms with van der Waals surface area (Å²) in [4.78, 5) is 37.3. The number of hydrogen-bond acceptors (Lipinski definition) is 7. The molecule has 2 unspecified atom stereocenters. The number of unbranched alkanes of at least 4 members (excludes halogenated alkanes) is 31. The third kappa shape index (κ3) is 51.2. The number of rotatable bonds is 52. The van der Waals surface area contributed by atoms with Gasteiger partial charge in [0.1, 0.15) is 13.2 Å². The number of allylic oxidation sites excluding steroid dienone is 6. The number of carbonyl (C=O) groups is 3. The molecule has 0 aliphatic heterocycles. The van der Waals surface area contributed by atoms with Gasteiger partial charge < -0.3 is 28.5 Å². The van der Waals surface area contributed by atoms with Crippen molar-refractivity contribution in [1.29, 1.82) is 0 Å². The average molecular weight is 948 g/mol. The number of nitrogens with zero attached hydrogens (tertiary/aromatic N) is 1. The number of quaternary nitrogens is 1. The zero-order chi connectivity index (χ0) is 49.2. The summed E-state index contributed by atoms with van der Waals surface area (Å²) in [5.74, 6) is -2.02. The minimum atomic E-state index is -1.51. The summed E-state index contributed by atoms with van der Waals surface area (Å²) in [7, 11) is 5.96. The molecule has 0 aromatic rings. The maximum atomic E-state index is 12.8. The number of carboxylic acids is 1. The van der Waals surface area contributed by atoms with Crippen LogP contribution in [0.1, 0.15) is 258 Å². The van der Waals surface area contributed by atoms with Gasteiger partial charge >= 0.3 is 17.9 Å². The lowest BCUT2D eigenvalue weighted by molar-refractivity contribution is -0.870. The van der Waals surface area contributed by atoms with E-state index in [0.29, 0.717) is 23.9 Å². The SMILES string of the molecule is CC/C=C\C/C=C\C/C=C\CCCCCCCC(=O)OC(COC(=O)CCCCCCCCCCCCCCCCCCCCCCCCCCCCC)COC(OCC[N+](C)(C)C)C(=O)O. The molecule has 0 rings (SSSR count). The third-order valence-corrected chi connectivity index (χ3v) is 12.4. The van der Waals surface area contributed by atoms with Gasteiger partial charge in [0.05, 0.1) is 34.4 Å². The van der Waals surface area contributed by atoms with E-state index in [-0.39, 0.29) is 32.2 Å². The molecule has 1 N–H and O–H groups in total. The van der Waals surface area contributed by atoms with Crippen LogP contribution in [0.15, 0.2) is 36.5 Å². The number of ether oxygens (including phenoxy) is 4. The molecule has 0 aromatic heterocycles. The van der Waals surface area contributed by atoms with Gasteiger partial charge in [-0.05, 0) is 44.9 Å². The standard InChI is InChI=1S/C58H107NO8/c1-6-8-10-12-14-16-18-20-22-23-24-25-26-27-28-29-30-31-32-33-35-36-38-40-42-44-46-48-55(60)65-52-54(53-66-58(57(62)63)64-51-50-59(3,4)5)67-56(61)49-47-45-43-41-39-37-34-21-19-17-15-13-11-9-7-2/h9,11,15,17,21,34,54,58H,6-8,10,12-14,16,18-20,22-33,35-53H2,1-5H3/p+1/b11-9-,17-15-,34-21-. The zero-order valence-corrected chi connectivity index (χ0v) is 44.6. The van der Waals surface area contributed by atoms with E-state index in [1.807, 2.05) is 21.1 Å². The Morgan fingerprint density at radius 2 is 0.851 bits per heavy atom. The minimum absolute atomic E-state index is 0.185. The fourth-order valence-corrected chi connectivity index (χ4v) is 8.09. The van der Waals surface area contributed by atoms with Gasteiger partial charge in [-0.3, -0.25) is 9.59 Å². The number of likely N-dealkylation sites (N-methyl/N-ethyl adjacent to an activating group) is 1. The Morgan fingerprint density at radius 3 is 1.27 bits per heavy atom. The second-order valence-corrected chi connectivity index (χ2v) is 20.2. The van der Waals surface area contributed by atoms with Gasteiger partial charge in [-0.2, -0.15) is 0 Å². The van der Waals surface area contributed by atoms with Crippen molar-refractivity contribution in [3.05, 3.63) is 36.5 Å². The largest absolute Gasteiger partial charge is 0.477 e. The predicted octanol–water partition coefficient (Wildman–Crippen LogP) is 16.1. The molecule has 9 nitrogen and oxygen atoms in total. The van der Waals surface area contributed by atoms with Crippen LogP contribution in [0, 0.1) is 0 Å². The lowest BCUT2D eigenvalue weighted by Crippen LogP contribution is -2.40. The molecule has 0 saturated heterocycles. The smallest absolute Gasteiger partial charge is 0.361 e. The number of aliphatic carboxylic acids is 1. The first-order valence-corrected chi connectivity index (χ1v) is 28.2. The van der Waals surface area contributed by atoms with Crippen LogP contribution in [0.5, 0.6) is 0 Å². The van der Waals surface area contributed by atoms with Gasteiger partial charge in [0.15, 0.2) is 6.10 Å². The normalized spacial score (nSPS) is 13.0. The van der Waals surface area contributed by atoms with Crippen molar-refractivity contribution in [2.45, 2.75) is 270 Å². The molecule has 0 aromatic carbocycles. The Labute approximate surface area is 413 Å². The number of carboxylic acid groups (broad SMARTS) is 1. The Kier molecular flexibility index (Phi) is 48.1. The molecular weight excluding hydrogens is 839 g/mol. The maximum absolute atomic E-state index is 12.8. The summed E-state index contributed by atoms with van der Waals surface area (Å²) in [5.41, 5.74) is 0. The lowest BCUT2D eigenvalue weighted by atomic mass is 10.0. The van der Waals surface area contributed by atoms with Gasteiger partial charge in [0.25, 0.3) is 6.29 Å². The number of carbonyl (C=O) groups excluding carboxylic acids is 2. The fourth-order valence-electron chi connectivity index (χ4n) is 8.09. The van der Waals surface area contributed by atoms with E-state index in [1.54, 1.807) is 0 Å². The summed E-state index contributed by atoms with van der Waals surface area (Å²) in [6.45, 7) is 4.77. The molecule has 0 radical (unpaired) electrons. The van der Waals surface area contributed by atoms with E-state index in [9.17, 15) is 19.5 Å². The monoisotopic (exact) mass is 947 g/mol. The van der Waals surface area contributed by atoms with Crippen LogP contribution in [0.4, 0.5) is 0 Å². The fraction of sp³-hybridized carbons (Fsp3) is 0.845. The van der Waals surface area contributed by atoms with Crippen molar-refractivity contribution in [1.82, 2.24) is 0 Å². The molecule has 0 aliphatic rings. The number of esters is 2. The van der Waals surface area contributed by atoms with Crippen molar-refractivity contribution in [2.24, 2.45) is 0 Å².